The van der Waals surface area contributed by atoms with Crippen molar-refractivity contribution in [3.8, 4) is 11.5 Å². The zero-order valence-corrected chi connectivity index (χ0v) is 19.3. The van der Waals surface area contributed by atoms with Crippen molar-refractivity contribution in [1.29, 1.82) is 0 Å². The van der Waals surface area contributed by atoms with Crippen molar-refractivity contribution in [2.24, 2.45) is 11.8 Å². The first-order valence-electron chi connectivity index (χ1n) is 11.7. The fraction of sp³-hybridized carbons (Fsp3) is 0.385. The maximum atomic E-state index is 13.6. The van der Waals surface area contributed by atoms with Gasteiger partial charge in [-0.05, 0) is 75.8 Å². The summed E-state index contributed by atoms with van der Waals surface area (Å²) in [6.07, 6.45) is 3.12. The van der Waals surface area contributed by atoms with E-state index in [1.807, 2.05) is 24.3 Å². The van der Waals surface area contributed by atoms with Gasteiger partial charge in [-0.2, -0.15) is 4.98 Å². The van der Waals surface area contributed by atoms with Crippen molar-refractivity contribution < 1.29 is 23.3 Å². The molecule has 0 N–H and O–H groups in total. The number of hydrogen-bond donors (Lipinski definition) is 0. The third-order valence-corrected chi connectivity index (χ3v) is 7.09. The molecule has 3 heterocycles. The van der Waals surface area contributed by atoms with E-state index >= 15 is 0 Å². The number of amides is 1. The lowest BCUT2D eigenvalue weighted by atomic mass is 9.82. The summed E-state index contributed by atoms with van der Waals surface area (Å²) in [6, 6.07) is 9.18. The van der Waals surface area contributed by atoms with Crippen molar-refractivity contribution in [3.63, 3.8) is 0 Å². The zero-order chi connectivity index (χ0) is 23.6. The minimum Gasteiger partial charge on any atom is -0.456 e. The quantitative estimate of drug-likeness (QED) is 0.359. The van der Waals surface area contributed by atoms with Crippen LogP contribution in [-0.4, -0.2) is 28.2 Å². The molecule has 1 saturated carbocycles. The van der Waals surface area contributed by atoms with Crippen LogP contribution in [0.1, 0.15) is 55.7 Å². The van der Waals surface area contributed by atoms with Gasteiger partial charge >= 0.3 is 5.97 Å². The number of rotatable bonds is 2. The van der Waals surface area contributed by atoms with E-state index in [9.17, 15) is 9.59 Å². The highest BCUT2D eigenvalue weighted by molar-refractivity contribution is 6.14. The van der Waals surface area contributed by atoms with E-state index in [4.69, 9.17) is 13.7 Å². The zero-order valence-electron chi connectivity index (χ0n) is 19.3. The molecule has 2 aromatic carbocycles. The molecule has 2 aliphatic rings. The Labute approximate surface area is 195 Å². The lowest BCUT2D eigenvalue weighted by molar-refractivity contribution is -0.125. The number of fused-ring (bicyclic) bond motifs is 4. The molecule has 1 aliphatic heterocycles. The number of benzene rings is 2. The minimum atomic E-state index is -0.667. The van der Waals surface area contributed by atoms with Gasteiger partial charge in [-0.15, -0.1) is 0 Å². The SMILES string of the molecule is Cc1noc(-c2ccc3oc4cc5c(cc4c3c2)N(C(=O)C2CCC(C)CC2)C(C)OC5=O)n1. The molecule has 1 aliphatic carbocycles. The number of anilines is 1. The van der Waals surface area contributed by atoms with Crippen LogP contribution >= 0.6 is 0 Å². The summed E-state index contributed by atoms with van der Waals surface area (Å²) < 4.78 is 16.9. The highest BCUT2D eigenvalue weighted by Crippen LogP contribution is 2.40. The Morgan fingerprint density at radius 3 is 2.53 bits per heavy atom. The van der Waals surface area contributed by atoms with Crippen LogP contribution in [0.2, 0.25) is 0 Å². The van der Waals surface area contributed by atoms with E-state index in [1.54, 1.807) is 24.8 Å². The number of hydrogen-bond acceptors (Lipinski definition) is 7. The molecule has 174 valence electrons. The lowest BCUT2D eigenvalue weighted by Crippen LogP contribution is -2.48. The van der Waals surface area contributed by atoms with Crippen LogP contribution in [0.25, 0.3) is 33.4 Å². The molecule has 6 rings (SSSR count). The first-order chi connectivity index (χ1) is 16.4. The molecule has 2 aromatic heterocycles. The number of furan rings is 1. The van der Waals surface area contributed by atoms with Gasteiger partial charge in [0.2, 0.25) is 5.91 Å². The summed E-state index contributed by atoms with van der Waals surface area (Å²) in [4.78, 5) is 32.3. The van der Waals surface area contributed by atoms with Gasteiger partial charge in [0.25, 0.3) is 5.89 Å². The smallest absolute Gasteiger partial charge is 0.342 e. The standard InChI is InChI=1S/C26H25N3O5/c1-13-4-6-16(7-5-13)25(30)29-15(3)32-26(31)20-12-23-19(11-21(20)29)18-10-17(8-9-22(18)33-23)24-27-14(2)28-34-24/h8-13,15-16H,4-7H2,1-3H3. The number of aryl methyl sites for hydroxylation is 1. The minimum absolute atomic E-state index is 0.0160. The fourth-order valence-electron chi connectivity index (χ4n) is 5.19. The summed E-state index contributed by atoms with van der Waals surface area (Å²) in [5.74, 6) is 1.12. The lowest BCUT2D eigenvalue weighted by Gasteiger charge is -2.37. The molecule has 8 heteroatoms. The van der Waals surface area contributed by atoms with E-state index in [2.05, 4.69) is 17.1 Å². The van der Waals surface area contributed by atoms with Gasteiger partial charge in [0.05, 0.1) is 11.3 Å². The third kappa shape index (κ3) is 3.28. The predicted molar refractivity (Wildman–Crippen MR) is 125 cm³/mol. The number of cyclic esters (lactones) is 1. The van der Waals surface area contributed by atoms with Gasteiger partial charge in [0, 0.05) is 22.3 Å². The molecule has 0 radical (unpaired) electrons. The van der Waals surface area contributed by atoms with E-state index in [0.717, 1.165) is 42.0 Å². The summed E-state index contributed by atoms with van der Waals surface area (Å²) in [5.41, 5.74) is 2.90. The van der Waals surface area contributed by atoms with Crippen LogP contribution in [-0.2, 0) is 9.53 Å². The second kappa shape index (κ2) is 7.68. The summed E-state index contributed by atoms with van der Waals surface area (Å²) >= 11 is 0. The number of carbonyl (C=O) groups excluding carboxylic acids is 2. The van der Waals surface area contributed by atoms with Crippen molar-refractivity contribution >= 4 is 39.5 Å². The molecule has 1 fully saturated rings. The number of nitrogens with zero attached hydrogens (tertiary/aromatic N) is 3. The number of ether oxygens (including phenoxy) is 1. The highest BCUT2D eigenvalue weighted by atomic mass is 16.6. The Kier molecular flexibility index (Phi) is 4.72. The summed E-state index contributed by atoms with van der Waals surface area (Å²) in [5, 5.41) is 5.52. The Hall–Kier alpha value is -3.68. The van der Waals surface area contributed by atoms with Crippen LogP contribution < -0.4 is 4.90 Å². The molecule has 8 nitrogen and oxygen atoms in total. The molecule has 1 unspecified atom stereocenters. The normalized spacial score (nSPS) is 22.7. The highest BCUT2D eigenvalue weighted by Gasteiger charge is 2.38. The predicted octanol–water partition coefficient (Wildman–Crippen LogP) is 5.62. The molecule has 1 atom stereocenters. The molecule has 0 saturated heterocycles. The molecule has 34 heavy (non-hydrogen) atoms. The first kappa shape index (κ1) is 20.9. The maximum Gasteiger partial charge on any atom is 0.342 e. The molecule has 0 spiro atoms. The monoisotopic (exact) mass is 459 g/mol. The van der Waals surface area contributed by atoms with Crippen LogP contribution in [0.3, 0.4) is 0 Å². The van der Waals surface area contributed by atoms with Crippen molar-refractivity contribution in [3.05, 3.63) is 41.7 Å². The van der Waals surface area contributed by atoms with Gasteiger partial charge < -0.3 is 13.7 Å². The molecular formula is C26H25N3O5. The van der Waals surface area contributed by atoms with Crippen molar-refractivity contribution in [1.82, 2.24) is 10.1 Å². The topological polar surface area (TPSA) is 98.7 Å². The average Bonchev–Trinajstić information content (AvgIpc) is 3.41. The number of aromatic nitrogens is 2. The van der Waals surface area contributed by atoms with Crippen LogP contribution in [0, 0.1) is 18.8 Å². The Bertz CT molecular complexity index is 1440. The fourth-order valence-corrected chi connectivity index (χ4v) is 5.19. The molecule has 4 aromatic rings. The van der Waals surface area contributed by atoms with Gasteiger partial charge in [-0.3, -0.25) is 9.69 Å². The first-order valence-corrected chi connectivity index (χ1v) is 11.7. The van der Waals surface area contributed by atoms with E-state index < -0.39 is 12.2 Å². The van der Waals surface area contributed by atoms with Crippen LogP contribution in [0.15, 0.2) is 39.3 Å². The summed E-state index contributed by atoms with van der Waals surface area (Å²) in [6.45, 7) is 5.74. The Morgan fingerprint density at radius 2 is 1.79 bits per heavy atom. The maximum absolute atomic E-state index is 13.6. The second-order valence-corrected chi connectivity index (χ2v) is 9.49. The molecule has 1 amide bonds. The van der Waals surface area contributed by atoms with Crippen LogP contribution in [0.4, 0.5) is 5.69 Å². The second-order valence-electron chi connectivity index (χ2n) is 9.49. The van der Waals surface area contributed by atoms with Crippen LogP contribution in [0.5, 0.6) is 0 Å². The van der Waals surface area contributed by atoms with E-state index in [1.165, 1.54) is 0 Å². The largest absolute Gasteiger partial charge is 0.456 e. The summed E-state index contributed by atoms with van der Waals surface area (Å²) in [7, 11) is 0. The number of esters is 1. The van der Waals surface area contributed by atoms with Gasteiger partial charge in [0.15, 0.2) is 12.1 Å². The van der Waals surface area contributed by atoms with Crippen molar-refractivity contribution in [2.45, 2.75) is 52.7 Å². The van der Waals surface area contributed by atoms with Gasteiger partial charge in [-0.25, -0.2) is 4.79 Å². The van der Waals surface area contributed by atoms with Crippen molar-refractivity contribution in [2.75, 3.05) is 4.90 Å². The average molecular weight is 460 g/mol. The third-order valence-electron chi connectivity index (χ3n) is 7.09. The van der Waals surface area contributed by atoms with Gasteiger partial charge in [-0.1, -0.05) is 12.1 Å². The van der Waals surface area contributed by atoms with Gasteiger partial charge in [0.1, 0.15) is 11.2 Å². The Morgan fingerprint density at radius 1 is 1.03 bits per heavy atom. The Balaban J connectivity index is 1.48. The molecule has 0 bridgehead atoms. The van der Waals surface area contributed by atoms with E-state index in [0.29, 0.717) is 40.0 Å². The number of carbonyl (C=O) groups is 2. The molecular weight excluding hydrogens is 434 g/mol. The van der Waals surface area contributed by atoms with E-state index in [-0.39, 0.29) is 11.8 Å².